The number of imide groups is 1. The van der Waals surface area contributed by atoms with E-state index in [4.69, 9.17) is 11.6 Å². The lowest BCUT2D eigenvalue weighted by Crippen LogP contribution is -2.57. The van der Waals surface area contributed by atoms with Gasteiger partial charge in [-0.25, -0.2) is 4.98 Å². The Hall–Kier alpha value is -1.46. The van der Waals surface area contributed by atoms with Gasteiger partial charge in [-0.15, -0.1) is 0 Å². The molecule has 1 aliphatic heterocycles. The quantitative estimate of drug-likeness (QED) is 0.655. The molecule has 0 aliphatic carbocycles. The van der Waals surface area contributed by atoms with Gasteiger partial charge >= 0.3 is 0 Å². The van der Waals surface area contributed by atoms with Gasteiger partial charge in [0.2, 0.25) is 11.8 Å². The largest absolute Gasteiger partial charge is 0.294 e. The van der Waals surface area contributed by atoms with E-state index in [0.29, 0.717) is 18.1 Å². The van der Waals surface area contributed by atoms with Crippen LogP contribution in [0.5, 0.6) is 0 Å². The first-order chi connectivity index (χ1) is 8.60. The van der Waals surface area contributed by atoms with Crippen LogP contribution in [0.15, 0.2) is 18.3 Å². The lowest BCUT2D eigenvalue weighted by molar-refractivity contribution is -0.140. The Morgan fingerprint density at radius 2 is 2.28 bits per heavy atom. The zero-order valence-electron chi connectivity index (χ0n) is 10.0. The van der Waals surface area contributed by atoms with Crippen molar-refractivity contribution in [3.05, 3.63) is 29.0 Å². The second-order valence-electron chi connectivity index (χ2n) is 4.23. The Morgan fingerprint density at radius 3 is 2.89 bits per heavy atom. The zero-order chi connectivity index (χ0) is 13.1. The van der Waals surface area contributed by atoms with Crippen molar-refractivity contribution in [1.82, 2.24) is 15.2 Å². The van der Waals surface area contributed by atoms with Gasteiger partial charge in [0, 0.05) is 12.7 Å². The summed E-state index contributed by atoms with van der Waals surface area (Å²) in [6.45, 7) is 2.67. The average Bonchev–Trinajstić information content (AvgIpc) is 2.32. The van der Waals surface area contributed by atoms with Gasteiger partial charge in [-0.2, -0.15) is 0 Å². The third-order valence-corrected chi connectivity index (χ3v) is 3.14. The number of nitrogens with zero attached hydrogens (tertiary/aromatic N) is 2. The van der Waals surface area contributed by atoms with E-state index in [1.807, 2.05) is 17.9 Å². The van der Waals surface area contributed by atoms with Gasteiger partial charge in [0.15, 0.2) is 0 Å². The van der Waals surface area contributed by atoms with Gasteiger partial charge in [-0.05, 0) is 18.1 Å². The van der Waals surface area contributed by atoms with Crippen LogP contribution in [-0.2, 0) is 16.1 Å². The van der Waals surface area contributed by atoms with E-state index in [2.05, 4.69) is 10.3 Å². The van der Waals surface area contributed by atoms with Crippen LogP contribution in [0, 0.1) is 0 Å². The Morgan fingerprint density at radius 1 is 1.50 bits per heavy atom. The molecule has 18 heavy (non-hydrogen) atoms. The molecule has 1 aromatic heterocycles. The van der Waals surface area contributed by atoms with E-state index in [-0.39, 0.29) is 24.4 Å². The van der Waals surface area contributed by atoms with Gasteiger partial charge in [0.05, 0.1) is 12.6 Å². The lowest BCUT2D eigenvalue weighted by atomic mass is 10.1. The molecule has 1 unspecified atom stereocenters. The maximum atomic E-state index is 11.7. The van der Waals surface area contributed by atoms with Crippen molar-refractivity contribution in [2.75, 3.05) is 6.54 Å². The number of amides is 2. The molecule has 1 atom stereocenters. The van der Waals surface area contributed by atoms with Crippen LogP contribution in [0.4, 0.5) is 0 Å². The van der Waals surface area contributed by atoms with E-state index in [9.17, 15) is 9.59 Å². The van der Waals surface area contributed by atoms with Crippen LogP contribution in [0.25, 0.3) is 0 Å². The molecule has 1 N–H and O–H groups in total. The molecule has 0 saturated carbocycles. The van der Waals surface area contributed by atoms with Crippen LogP contribution >= 0.6 is 11.6 Å². The van der Waals surface area contributed by atoms with Crippen LogP contribution in [0.2, 0.25) is 5.15 Å². The first-order valence-electron chi connectivity index (χ1n) is 5.78. The fourth-order valence-electron chi connectivity index (χ4n) is 2.06. The number of aromatic nitrogens is 1. The minimum absolute atomic E-state index is 0.226. The maximum absolute atomic E-state index is 11.7. The molecular weight excluding hydrogens is 254 g/mol. The number of halogens is 1. The molecule has 0 radical (unpaired) electrons. The number of piperazine rings is 1. The van der Waals surface area contributed by atoms with Crippen molar-refractivity contribution in [2.24, 2.45) is 0 Å². The van der Waals surface area contributed by atoms with Crippen molar-refractivity contribution in [1.29, 1.82) is 0 Å². The number of pyridine rings is 1. The Kier molecular flexibility index (Phi) is 3.93. The summed E-state index contributed by atoms with van der Waals surface area (Å²) in [5.41, 5.74) is 0.931. The second kappa shape index (κ2) is 5.46. The summed E-state index contributed by atoms with van der Waals surface area (Å²) in [5.74, 6) is -0.484. The topological polar surface area (TPSA) is 62.3 Å². The molecule has 0 aromatic carbocycles. The third kappa shape index (κ3) is 2.86. The maximum Gasteiger partial charge on any atom is 0.243 e. The number of rotatable bonds is 3. The number of hydrogen-bond donors (Lipinski definition) is 1. The summed E-state index contributed by atoms with van der Waals surface area (Å²) in [5, 5.41) is 2.78. The molecule has 2 heterocycles. The minimum atomic E-state index is -0.265. The van der Waals surface area contributed by atoms with Crippen molar-refractivity contribution >= 4 is 23.4 Å². The van der Waals surface area contributed by atoms with Crippen molar-refractivity contribution < 1.29 is 9.59 Å². The highest BCUT2D eigenvalue weighted by Gasteiger charge is 2.32. The Bertz CT molecular complexity index is 461. The van der Waals surface area contributed by atoms with E-state index in [0.717, 1.165) is 5.56 Å². The monoisotopic (exact) mass is 267 g/mol. The normalized spacial score (nSPS) is 20.9. The molecule has 1 fully saturated rings. The number of carbonyl (C=O) groups excluding carboxylic acids is 2. The first-order valence-corrected chi connectivity index (χ1v) is 6.16. The van der Waals surface area contributed by atoms with Crippen molar-refractivity contribution in [3.63, 3.8) is 0 Å². The average molecular weight is 268 g/mol. The molecule has 5 nitrogen and oxygen atoms in total. The zero-order valence-corrected chi connectivity index (χ0v) is 10.8. The Balaban J connectivity index is 2.12. The third-order valence-electron chi connectivity index (χ3n) is 2.91. The van der Waals surface area contributed by atoms with Crippen LogP contribution < -0.4 is 5.32 Å². The lowest BCUT2D eigenvalue weighted by Gasteiger charge is -2.33. The molecular formula is C12H14ClN3O2. The predicted molar refractivity (Wildman–Crippen MR) is 66.9 cm³/mol. The molecule has 96 valence electrons. The fraction of sp³-hybridized carbons (Fsp3) is 0.417. The van der Waals surface area contributed by atoms with Crippen molar-refractivity contribution in [3.8, 4) is 0 Å². The molecule has 2 amide bonds. The highest BCUT2D eigenvalue weighted by Crippen LogP contribution is 2.14. The first kappa shape index (κ1) is 13.0. The van der Waals surface area contributed by atoms with E-state index in [1.165, 1.54) is 0 Å². The highest BCUT2D eigenvalue weighted by atomic mass is 35.5. The second-order valence-corrected chi connectivity index (χ2v) is 4.62. The minimum Gasteiger partial charge on any atom is -0.294 e. The van der Waals surface area contributed by atoms with E-state index < -0.39 is 0 Å². The molecule has 1 saturated heterocycles. The van der Waals surface area contributed by atoms with Gasteiger partial charge < -0.3 is 0 Å². The summed E-state index contributed by atoms with van der Waals surface area (Å²) >= 11 is 5.71. The van der Waals surface area contributed by atoms with Gasteiger partial charge in [0.1, 0.15) is 5.15 Å². The summed E-state index contributed by atoms with van der Waals surface area (Å²) < 4.78 is 0. The number of nitrogens with one attached hydrogen (secondary N) is 1. The molecule has 1 aromatic rings. The van der Waals surface area contributed by atoms with E-state index >= 15 is 0 Å². The SMILES string of the molecule is CCC1C(=O)NC(=O)CN1Cc1ccc(Cl)nc1. The standard InChI is InChI=1S/C12H14ClN3O2/c1-2-9-12(18)15-11(17)7-16(9)6-8-3-4-10(13)14-5-8/h3-5,9H,2,6-7H2,1H3,(H,15,17,18). The predicted octanol–water partition coefficient (Wildman–Crippen LogP) is 0.972. The molecule has 6 heteroatoms. The summed E-state index contributed by atoms with van der Waals surface area (Å²) in [6, 6.07) is 3.28. The van der Waals surface area contributed by atoms with Gasteiger partial charge in [-0.3, -0.25) is 19.8 Å². The number of carbonyl (C=O) groups is 2. The summed E-state index contributed by atoms with van der Waals surface area (Å²) in [6.07, 6.45) is 2.33. The highest BCUT2D eigenvalue weighted by molar-refractivity contribution is 6.29. The van der Waals surface area contributed by atoms with Crippen molar-refractivity contribution in [2.45, 2.75) is 25.9 Å². The Labute approximate surface area is 110 Å². The van der Waals surface area contributed by atoms with Crippen LogP contribution in [0.1, 0.15) is 18.9 Å². The number of hydrogen-bond acceptors (Lipinski definition) is 4. The van der Waals surface area contributed by atoms with Gasteiger partial charge in [-0.1, -0.05) is 24.6 Å². The molecule has 0 bridgehead atoms. The molecule has 0 spiro atoms. The summed E-state index contributed by atoms with van der Waals surface area (Å²) in [4.78, 5) is 28.9. The summed E-state index contributed by atoms with van der Waals surface area (Å²) in [7, 11) is 0. The van der Waals surface area contributed by atoms with Crippen LogP contribution in [0.3, 0.4) is 0 Å². The van der Waals surface area contributed by atoms with Gasteiger partial charge in [0.25, 0.3) is 0 Å². The fourth-order valence-corrected chi connectivity index (χ4v) is 2.18. The molecule has 2 rings (SSSR count). The van der Waals surface area contributed by atoms with Crippen LogP contribution in [-0.4, -0.2) is 34.3 Å². The van der Waals surface area contributed by atoms with E-state index in [1.54, 1.807) is 12.3 Å². The smallest absolute Gasteiger partial charge is 0.243 e. The molecule has 1 aliphatic rings.